The molecule has 0 radical (unpaired) electrons. The first-order valence-electron chi connectivity index (χ1n) is 8.21. The van der Waals surface area contributed by atoms with E-state index >= 15 is 0 Å². The van der Waals surface area contributed by atoms with E-state index in [0.717, 1.165) is 19.3 Å². The minimum Gasteiger partial charge on any atom is -0.344 e. The minimum atomic E-state index is 0.143. The van der Waals surface area contributed by atoms with Gasteiger partial charge in [-0.2, -0.15) is 0 Å². The summed E-state index contributed by atoms with van der Waals surface area (Å²) < 4.78 is 0. The van der Waals surface area contributed by atoms with Crippen LogP contribution in [-0.4, -0.2) is 12.8 Å². The van der Waals surface area contributed by atoms with Crippen molar-refractivity contribution in [3.05, 3.63) is 59.7 Å². The van der Waals surface area contributed by atoms with Gasteiger partial charge >= 0.3 is 0 Å². The Balaban J connectivity index is 1.90. The fraction of sp³-hybridized carbons (Fsp3) is 0.350. The average molecular weight is 291 g/mol. The molecule has 1 atom stereocenters. The highest BCUT2D eigenvalue weighted by molar-refractivity contribution is 5.86. The van der Waals surface area contributed by atoms with Gasteiger partial charge in [-0.05, 0) is 36.1 Å². The maximum atomic E-state index is 12.6. The van der Waals surface area contributed by atoms with Gasteiger partial charge in [0.05, 0.1) is 0 Å². The molecule has 112 valence electrons. The van der Waals surface area contributed by atoms with Gasteiger partial charge < -0.3 is 4.90 Å². The van der Waals surface area contributed by atoms with Crippen LogP contribution in [0.4, 0.5) is 11.4 Å². The van der Waals surface area contributed by atoms with Crippen molar-refractivity contribution in [1.29, 1.82) is 0 Å². The average Bonchev–Trinajstić information content (AvgIpc) is 2.57. The second-order valence-electron chi connectivity index (χ2n) is 6.47. The van der Waals surface area contributed by atoms with E-state index in [2.05, 4.69) is 60.5 Å². The molecule has 0 amide bonds. The number of carbonyl (C=O) groups is 1. The number of benzene rings is 2. The van der Waals surface area contributed by atoms with Crippen LogP contribution in [0.5, 0.6) is 0 Å². The van der Waals surface area contributed by atoms with E-state index in [1.54, 1.807) is 0 Å². The van der Waals surface area contributed by atoms with E-state index in [4.69, 9.17) is 0 Å². The first-order chi connectivity index (χ1) is 10.8. The van der Waals surface area contributed by atoms with Crippen molar-refractivity contribution in [3.63, 3.8) is 0 Å². The van der Waals surface area contributed by atoms with Crippen LogP contribution in [0.25, 0.3) is 0 Å². The summed E-state index contributed by atoms with van der Waals surface area (Å²) in [6.07, 6.45) is 4.01. The molecule has 0 bridgehead atoms. The number of ketones is 1. The number of para-hydroxylation sites is 2. The van der Waals surface area contributed by atoms with E-state index < -0.39 is 0 Å². The van der Waals surface area contributed by atoms with E-state index in [0.29, 0.717) is 5.78 Å². The fourth-order valence-corrected chi connectivity index (χ4v) is 4.21. The summed E-state index contributed by atoms with van der Waals surface area (Å²) in [6.45, 7) is 0. The highest BCUT2D eigenvalue weighted by Crippen LogP contribution is 2.49. The highest BCUT2D eigenvalue weighted by Gasteiger charge is 2.37. The van der Waals surface area contributed by atoms with E-state index in [9.17, 15) is 4.79 Å². The van der Waals surface area contributed by atoms with Crippen LogP contribution in [0.2, 0.25) is 0 Å². The number of anilines is 2. The number of hydrogen-bond acceptors (Lipinski definition) is 2. The second kappa shape index (κ2) is 5.28. The molecule has 0 aromatic heterocycles. The normalized spacial score (nSPS) is 21.4. The predicted molar refractivity (Wildman–Crippen MR) is 89.8 cm³/mol. The van der Waals surface area contributed by atoms with Gasteiger partial charge in [0.15, 0.2) is 0 Å². The maximum absolute atomic E-state index is 12.6. The smallest absolute Gasteiger partial charge is 0.136 e. The third-order valence-electron chi connectivity index (χ3n) is 5.27. The van der Waals surface area contributed by atoms with Crippen molar-refractivity contribution in [1.82, 2.24) is 0 Å². The summed E-state index contributed by atoms with van der Waals surface area (Å²) in [4.78, 5) is 14.8. The van der Waals surface area contributed by atoms with Gasteiger partial charge in [0.25, 0.3) is 0 Å². The Morgan fingerprint density at radius 1 is 0.909 bits per heavy atom. The van der Waals surface area contributed by atoms with Gasteiger partial charge in [0.2, 0.25) is 0 Å². The van der Waals surface area contributed by atoms with Crippen LogP contribution in [0.15, 0.2) is 48.5 Å². The topological polar surface area (TPSA) is 20.3 Å². The Labute approximate surface area is 131 Å². The van der Waals surface area contributed by atoms with Crippen LogP contribution < -0.4 is 4.90 Å². The van der Waals surface area contributed by atoms with E-state index in [-0.39, 0.29) is 11.8 Å². The van der Waals surface area contributed by atoms with Crippen molar-refractivity contribution < 1.29 is 4.79 Å². The number of hydrogen-bond donors (Lipinski definition) is 0. The first-order valence-corrected chi connectivity index (χ1v) is 8.21. The van der Waals surface area contributed by atoms with Crippen LogP contribution in [-0.2, 0) is 4.79 Å². The van der Waals surface area contributed by atoms with Crippen LogP contribution in [0.1, 0.15) is 42.7 Å². The molecule has 1 aliphatic carbocycles. The monoisotopic (exact) mass is 291 g/mol. The predicted octanol–water partition coefficient (Wildman–Crippen LogP) is 4.66. The molecule has 4 rings (SSSR count). The molecule has 1 saturated carbocycles. The van der Waals surface area contributed by atoms with Crippen molar-refractivity contribution in [2.45, 2.75) is 31.6 Å². The molecule has 2 aromatic rings. The van der Waals surface area contributed by atoms with Gasteiger partial charge in [-0.15, -0.1) is 0 Å². The summed E-state index contributed by atoms with van der Waals surface area (Å²) >= 11 is 0. The summed E-state index contributed by atoms with van der Waals surface area (Å²) in [5, 5.41) is 0. The maximum Gasteiger partial charge on any atom is 0.136 e. The van der Waals surface area contributed by atoms with Crippen LogP contribution in [0, 0.1) is 5.92 Å². The lowest BCUT2D eigenvalue weighted by molar-refractivity contribution is -0.125. The van der Waals surface area contributed by atoms with Gasteiger partial charge in [0, 0.05) is 36.7 Å². The van der Waals surface area contributed by atoms with E-state index in [1.807, 2.05) is 0 Å². The summed E-state index contributed by atoms with van der Waals surface area (Å²) in [6, 6.07) is 17.1. The lowest BCUT2D eigenvalue weighted by Gasteiger charge is -2.39. The third kappa shape index (κ3) is 1.98. The Hall–Kier alpha value is -2.09. The zero-order valence-electron chi connectivity index (χ0n) is 13.0. The van der Waals surface area contributed by atoms with Gasteiger partial charge in [-0.3, -0.25) is 4.79 Å². The number of rotatable bonds is 1. The zero-order chi connectivity index (χ0) is 15.1. The lowest BCUT2D eigenvalue weighted by atomic mass is 9.70. The fourth-order valence-electron chi connectivity index (χ4n) is 4.21. The SMILES string of the molecule is CN1c2ccccc2C(C2CCCCC2=O)c2ccccc21. The molecule has 2 nitrogen and oxygen atoms in total. The third-order valence-corrected chi connectivity index (χ3v) is 5.27. The largest absolute Gasteiger partial charge is 0.344 e. The minimum absolute atomic E-state index is 0.143. The first kappa shape index (κ1) is 13.6. The molecule has 1 fully saturated rings. The van der Waals surface area contributed by atoms with Crippen LogP contribution in [0.3, 0.4) is 0 Å². The Bertz CT molecular complexity index is 674. The van der Waals surface area contributed by atoms with Gasteiger partial charge in [-0.25, -0.2) is 0 Å². The van der Waals surface area contributed by atoms with Crippen molar-refractivity contribution >= 4 is 17.2 Å². The number of nitrogens with zero attached hydrogens (tertiary/aromatic N) is 1. The molecule has 22 heavy (non-hydrogen) atoms. The molecule has 1 heterocycles. The standard InChI is InChI=1S/C20H21NO/c1-21-17-11-5-2-8-14(17)20(15-9-3-6-12-18(15)21)16-10-4-7-13-19(16)22/h2-3,5-6,8-9,11-12,16,20H,4,7,10,13H2,1H3. The summed E-state index contributed by atoms with van der Waals surface area (Å²) in [5.74, 6) is 0.812. The number of carbonyl (C=O) groups excluding carboxylic acids is 1. The molecular formula is C20H21NO. The second-order valence-corrected chi connectivity index (χ2v) is 6.47. The molecule has 0 saturated heterocycles. The van der Waals surface area contributed by atoms with Gasteiger partial charge in [0.1, 0.15) is 5.78 Å². The molecule has 1 unspecified atom stereocenters. The molecule has 0 spiro atoms. The quantitative estimate of drug-likeness (QED) is 0.761. The van der Waals surface area contributed by atoms with Gasteiger partial charge in [-0.1, -0.05) is 42.8 Å². The van der Waals surface area contributed by atoms with Crippen molar-refractivity contribution in [2.24, 2.45) is 5.92 Å². The molecule has 2 aromatic carbocycles. The molecule has 2 aliphatic rings. The Morgan fingerprint density at radius 3 is 2.09 bits per heavy atom. The number of fused-ring (bicyclic) bond motifs is 2. The number of Topliss-reactive ketones (excluding diaryl/α,β-unsaturated/α-hetero) is 1. The van der Waals surface area contributed by atoms with Crippen LogP contribution >= 0.6 is 0 Å². The highest BCUT2D eigenvalue weighted by atomic mass is 16.1. The summed E-state index contributed by atoms with van der Waals surface area (Å²) in [7, 11) is 2.12. The van der Waals surface area contributed by atoms with Crippen molar-refractivity contribution in [2.75, 3.05) is 11.9 Å². The Kier molecular flexibility index (Phi) is 3.25. The molecule has 0 N–H and O–H groups in total. The van der Waals surface area contributed by atoms with Crippen molar-refractivity contribution in [3.8, 4) is 0 Å². The Morgan fingerprint density at radius 2 is 1.50 bits per heavy atom. The zero-order valence-corrected chi connectivity index (χ0v) is 13.0. The lowest BCUT2D eigenvalue weighted by Crippen LogP contribution is -2.31. The molecular weight excluding hydrogens is 270 g/mol. The summed E-state index contributed by atoms with van der Waals surface area (Å²) in [5.41, 5.74) is 5.10. The van der Waals surface area contributed by atoms with E-state index in [1.165, 1.54) is 28.9 Å². The molecule has 1 aliphatic heterocycles. The molecule has 2 heteroatoms.